The summed E-state index contributed by atoms with van der Waals surface area (Å²) in [6.45, 7) is 2.65. The van der Waals surface area contributed by atoms with Crippen molar-refractivity contribution < 1.29 is 4.74 Å². The first-order valence-electron chi connectivity index (χ1n) is 6.64. The fourth-order valence-corrected chi connectivity index (χ4v) is 3.39. The molecular weight excluding hydrogens is 248 g/mol. The maximum atomic E-state index is 6.25. The first-order chi connectivity index (χ1) is 8.75. The van der Waals surface area contributed by atoms with Gasteiger partial charge in [0.05, 0.1) is 12.7 Å². The first-order valence-corrected chi connectivity index (χ1v) is 7.02. The van der Waals surface area contributed by atoms with Crippen molar-refractivity contribution in [3.8, 4) is 0 Å². The lowest BCUT2D eigenvalue weighted by Crippen LogP contribution is -2.47. The van der Waals surface area contributed by atoms with Crippen LogP contribution in [0.15, 0.2) is 18.2 Å². The molecule has 3 rings (SSSR count). The van der Waals surface area contributed by atoms with E-state index in [0.29, 0.717) is 12.1 Å². The number of hydrogen-bond donors (Lipinski definition) is 1. The zero-order valence-electron chi connectivity index (χ0n) is 10.4. The number of benzene rings is 1. The van der Waals surface area contributed by atoms with Crippen LogP contribution in [0.4, 0.5) is 5.69 Å². The number of rotatable bonds is 2. The number of halogens is 1. The Bertz CT molecular complexity index is 418. The highest BCUT2D eigenvalue weighted by Gasteiger charge is 2.36. The van der Waals surface area contributed by atoms with Gasteiger partial charge in [-0.25, -0.2) is 0 Å². The Morgan fingerprint density at radius 3 is 3.11 bits per heavy atom. The van der Waals surface area contributed by atoms with Crippen LogP contribution in [0.5, 0.6) is 0 Å². The van der Waals surface area contributed by atoms with Gasteiger partial charge in [-0.2, -0.15) is 0 Å². The number of morpholine rings is 1. The third-order valence-corrected chi connectivity index (χ3v) is 4.47. The lowest BCUT2D eigenvalue weighted by Gasteiger charge is -2.38. The van der Waals surface area contributed by atoms with E-state index < -0.39 is 0 Å². The van der Waals surface area contributed by atoms with Crippen molar-refractivity contribution in [3.05, 3.63) is 28.8 Å². The minimum Gasteiger partial charge on any atom is -0.398 e. The van der Waals surface area contributed by atoms with Crippen LogP contribution in [0.3, 0.4) is 0 Å². The van der Waals surface area contributed by atoms with Gasteiger partial charge in [-0.15, -0.1) is 0 Å². The summed E-state index contributed by atoms with van der Waals surface area (Å²) in [5, 5.41) is 0.774. The van der Waals surface area contributed by atoms with E-state index in [1.807, 2.05) is 18.2 Å². The highest BCUT2D eigenvalue weighted by molar-refractivity contribution is 6.31. The van der Waals surface area contributed by atoms with E-state index in [0.717, 1.165) is 36.0 Å². The number of nitrogens with two attached hydrogens (primary N) is 1. The van der Waals surface area contributed by atoms with Crippen LogP contribution in [0, 0.1) is 0 Å². The average molecular weight is 267 g/mol. The molecule has 2 fully saturated rings. The van der Waals surface area contributed by atoms with Gasteiger partial charge in [-0.3, -0.25) is 4.90 Å². The number of hydrogen-bond acceptors (Lipinski definition) is 3. The third kappa shape index (κ3) is 2.22. The average Bonchev–Trinajstić information content (AvgIpc) is 2.83. The molecule has 0 spiro atoms. The van der Waals surface area contributed by atoms with Crippen molar-refractivity contribution in [2.45, 2.75) is 38.0 Å². The van der Waals surface area contributed by atoms with Gasteiger partial charge in [-0.1, -0.05) is 17.7 Å². The number of fused-ring (bicyclic) bond motifs is 1. The molecule has 1 heterocycles. The van der Waals surface area contributed by atoms with E-state index in [-0.39, 0.29) is 0 Å². The van der Waals surface area contributed by atoms with Crippen LogP contribution in [0.1, 0.15) is 24.8 Å². The highest BCUT2D eigenvalue weighted by atomic mass is 35.5. The molecule has 1 aliphatic carbocycles. The van der Waals surface area contributed by atoms with Crippen LogP contribution < -0.4 is 5.73 Å². The van der Waals surface area contributed by atoms with Gasteiger partial charge >= 0.3 is 0 Å². The van der Waals surface area contributed by atoms with Gasteiger partial charge in [0, 0.05) is 35.4 Å². The molecule has 1 aromatic rings. The Morgan fingerprint density at radius 2 is 2.28 bits per heavy atom. The molecule has 1 aliphatic heterocycles. The normalized spacial score (nSPS) is 28.3. The zero-order chi connectivity index (χ0) is 12.5. The Hall–Kier alpha value is -0.770. The number of anilines is 1. The summed E-state index contributed by atoms with van der Waals surface area (Å²) < 4.78 is 5.82. The fourth-order valence-electron chi connectivity index (χ4n) is 3.15. The van der Waals surface area contributed by atoms with Crippen molar-refractivity contribution in [2.75, 3.05) is 18.9 Å². The minimum atomic E-state index is 0.419. The van der Waals surface area contributed by atoms with Gasteiger partial charge in [0.1, 0.15) is 0 Å². The summed E-state index contributed by atoms with van der Waals surface area (Å²) in [4.78, 5) is 2.48. The molecular formula is C14H19ClN2O. The topological polar surface area (TPSA) is 38.5 Å². The summed E-state index contributed by atoms with van der Waals surface area (Å²) in [5.41, 5.74) is 7.89. The van der Waals surface area contributed by atoms with Gasteiger partial charge in [0.15, 0.2) is 0 Å². The van der Waals surface area contributed by atoms with Crippen LogP contribution >= 0.6 is 11.6 Å². The SMILES string of the molecule is Nc1cccc(Cl)c1CN1CCOC2CCCC21. The van der Waals surface area contributed by atoms with E-state index in [1.165, 1.54) is 19.3 Å². The lowest BCUT2D eigenvalue weighted by atomic mass is 10.1. The summed E-state index contributed by atoms with van der Waals surface area (Å²) >= 11 is 6.25. The summed E-state index contributed by atoms with van der Waals surface area (Å²) in [7, 11) is 0. The summed E-state index contributed by atoms with van der Waals surface area (Å²) in [5.74, 6) is 0. The van der Waals surface area contributed by atoms with E-state index in [9.17, 15) is 0 Å². The lowest BCUT2D eigenvalue weighted by molar-refractivity contribution is -0.0587. The van der Waals surface area contributed by atoms with Gasteiger partial charge in [0.2, 0.25) is 0 Å². The predicted molar refractivity (Wildman–Crippen MR) is 73.7 cm³/mol. The smallest absolute Gasteiger partial charge is 0.0731 e. The molecule has 2 atom stereocenters. The molecule has 0 aromatic heterocycles. The van der Waals surface area contributed by atoms with Gasteiger partial charge in [-0.05, 0) is 31.4 Å². The molecule has 2 unspecified atom stereocenters. The van der Waals surface area contributed by atoms with Crippen molar-refractivity contribution >= 4 is 17.3 Å². The van der Waals surface area contributed by atoms with Gasteiger partial charge < -0.3 is 10.5 Å². The van der Waals surface area contributed by atoms with E-state index in [4.69, 9.17) is 22.1 Å². The molecule has 1 aromatic carbocycles. The van der Waals surface area contributed by atoms with Crippen molar-refractivity contribution in [3.63, 3.8) is 0 Å². The van der Waals surface area contributed by atoms with Gasteiger partial charge in [0.25, 0.3) is 0 Å². The molecule has 2 aliphatic rings. The highest BCUT2D eigenvalue weighted by Crippen LogP contribution is 2.32. The molecule has 18 heavy (non-hydrogen) atoms. The molecule has 0 radical (unpaired) electrons. The van der Waals surface area contributed by atoms with E-state index in [1.54, 1.807) is 0 Å². The first kappa shape index (κ1) is 12.3. The minimum absolute atomic E-state index is 0.419. The van der Waals surface area contributed by atoms with E-state index >= 15 is 0 Å². The number of nitrogens with zero attached hydrogens (tertiary/aromatic N) is 1. The number of nitrogen functional groups attached to an aromatic ring is 1. The Labute approximate surface area is 113 Å². The monoisotopic (exact) mass is 266 g/mol. The van der Waals surface area contributed by atoms with Crippen molar-refractivity contribution in [2.24, 2.45) is 0 Å². The molecule has 0 amide bonds. The number of ether oxygens (including phenoxy) is 1. The maximum Gasteiger partial charge on any atom is 0.0731 e. The second-order valence-corrected chi connectivity index (χ2v) is 5.59. The Morgan fingerprint density at radius 1 is 1.39 bits per heavy atom. The van der Waals surface area contributed by atoms with Crippen LogP contribution in [0.2, 0.25) is 5.02 Å². The maximum absolute atomic E-state index is 6.25. The van der Waals surface area contributed by atoms with Crippen LogP contribution in [0.25, 0.3) is 0 Å². The molecule has 4 heteroatoms. The molecule has 2 N–H and O–H groups in total. The molecule has 98 valence electrons. The summed E-state index contributed by atoms with van der Waals surface area (Å²) in [6, 6.07) is 6.29. The third-order valence-electron chi connectivity index (χ3n) is 4.11. The quantitative estimate of drug-likeness (QED) is 0.837. The predicted octanol–water partition coefficient (Wildman–Crippen LogP) is 2.68. The molecule has 1 saturated carbocycles. The van der Waals surface area contributed by atoms with E-state index in [2.05, 4.69) is 4.90 Å². The van der Waals surface area contributed by atoms with Crippen LogP contribution in [-0.4, -0.2) is 30.2 Å². The van der Waals surface area contributed by atoms with Crippen LogP contribution in [-0.2, 0) is 11.3 Å². The molecule has 1 saturated heterocycles. The molecule has 3 nitrogen and oxygen atoms in total. The Balaban J connectivity index is 1.79. The largest absolute Gasteiger partial charge is 0.398 e. The molecule has 0 bridgehead atoms. The Kier molecular flexibility index (Phi) is 3.46. The second kappa shape index (κ2) is 5.08. The fraction of sp³-hybridized carbons (Fsp3) is 0.571. The zero-order valence-corrected chi connectivity index (χ0v) is 11.2. The second-order valence-electron chi connectivity index (χ2n) is 5.19. The summed E-state index contributed by atoms with van der Waals surface area (Å²) in [6.07, 6.45) is 4.11. The standard InChI is InChI=1S/C14H19ClN2O/c15-11-3-1-4-12(16)10(11)9-17-7-8-18-14-6-2-5-13(14)17/h1,3-4,13-14H,2,5-9,16H2. The van der Waals surface area contributed by atoms with Crippen molar-refractivity contribution in [1.29, 1.82) is 0 Å². The van der Waals surface area contributed by atoms with Crippen molar-refractivity contribution in [1.82, 2.24) is 4.90 Å².